The summed E-state index contributed by atoms with van der Waals surface area (Å²) >= 11 is 2.90. The van der Waals surface area contributed by atoms with Crippen molar-refractivity contribution in [3.63, 3.8) is 0 Å². The molecule has 4 rings (SSSR count). The summed E-state index contributed by atoms with van der Waals surface area (Å²) in [6, 6.07) is 10.2. The van der Waals surface area contributed by atoms with Gasteiger partial charge in [0.1, 0.15) is 23.4 Å². The van der Waals surface area contributed by atoms with E-state index in [1.165, 1.54) is 16.6 Å². The molecule has 3 aromatic rings. The van der Waals surface area contributed by atoms with Crippen LogP contribution in [0, 0.1) is 29.6 Å². The average Bonchev–Trinajstić information content (AvgIpc) is 3.39. The van der Waals surface area contributed by atoms with Gasteiger partial charge in [-0.1, -0.05) is 44.7 Å². The fourth-order valence-electron chi connectivity index (χ4n) is 4.53. The monoisotopic (exact) mass is 523 g/mol. The number of rotatable bonds is 8. The zero-order chi connectivity index (χ0) is 25.9. The Bertz CT molecular complexity index is 1280. The Hall–Kier alpha value is -2.83. The summed E-state index contributed by atoms with van der Waals surface area (Å²) in [5.41, 5.74) is 3.11. The van der Waals surface area contributed by atoms with Crippen LogP contribution in [0.5, 0.6) is 5.75 Å². The minimum absolute atomic E-state index is 0.148. The van der Waals surface area contributed by atoms with Gasteiger partial charge in [0.05, 0.1) is 11.3 Å². The van der Waals surface area contributed by atoms with Crippen molar-refractivity contribution < 1.29 is 9.53 Å². The van der Waals surface area contributed by atoms with Gasteiger partial charge in [0.15, 0.2) is 11.0 Å². The van der Waals surface area contributed by atoms with E-state index in [9.17, 15) is 10.1 Å². The van der Waals surface area contributed by atoms with E-state index < -0.39 is 0 Å². The Kier molecular flexibility index (Phi) is 8.06. The first-order chi connectivity index (χ1) is 17.2. The molecule has 1 amide bonds. The van der Waals surface area contributed by atoms with E-state index in [0.717, 1.165) is 36.1 Å². The molecule has 0 aliphatic heterocycles. The molecule has 190 valence electrons. The zero-order valence-electron chi connectivity index (χ0n) is 21.6. The molecule has 0 radical (unpaired) electrons. The minimum atomic E-state index is -0.148. The number of benzene rings is 1. The fourth-order valence-corrected chi connectivity index (χ4v) is 6.64. The number of nitrogens with one attached hydrogen (secondary N) is 1. The van der Waals surface area contributed by atoms with E-state index in [4.69, 9.17) is 4.74 Å². The molecule has 0 saturated carbocycles. The van der Waals surface area contributed by atoms with E-state index in [1.54, 1.807) is 11.3 Å². The molecule has 7 nitrogen and oxygen atoms in total. The van der Waals surface area contributed by atoms with Crippen LogP contribution in [0.15, 0.2) is 29.4 Å². The smallest absolute Gasteiger partial charge is 0.235 e. The second kappa shape index (κ2) is 11.1. The van der Waals surface area contributed by atoms with Gasteiger partial charge in [0.25, 0.3) is 0 Å². The molecule has 1 aliphatic carbocycles. The van der Waals surface area contributed by atoms with Crippen molar-refractivity contribution in [2.75, 3.05) is 11.1 Å². The zero-order valence-corrected chi connectivity index (χ0v) is 23.2. The maximum atomic E-state index is 12.8. The SMILES string of the molecule is CCn1c(COc2cccc(C)c2)nnc1SCC(=O)Nc1sc2c(c1C#N)CCC(C(C)(C)C)C2. The number of thiophene rings is 1. The Morgan fingerprint density at radius 1 is 1.36 bits per heavy atom. The predicted octanol–water partition coefficient (Wildman–Crippen LogP) is 6.00. The van der Waals surface area contributed by atoms with Gasteiger partial charge < -0.3 is 14.6 Å². The van der Waals surface area contributed by atoms with E-state index in [1.807, 2.05) is 42.7 Å². The van der Waals surface area contributed by atoms with E-state index >= 15 is 0 Å². The maximum absolute atomic E-state index is 12.8. The van der Waals surface area contributed by atoms with Crippen LogP contribution in [0.25, 0.3) is 0 Å². The third kappa shape index (κ3) is 5.93. The Balaban J connectivity index is 1.38. The number of aryl methyl sites for hydroxylation is 1. The van der Waals surface area contributed by atoms with E-state index in [0.29, 0.717) is 40.6 Å². The molecule has 9 heteroatoms. The van der Waals surface area contributed by atoms with Crippen molar-refractivity contribution in [1.82, 2.24) is 14.8 Å². The number of hydrogen-bond donors (Lipinski definition) is 1. The van der Waals surface area contributed by atoms with Crippen LogP contribution in [0.4, 0.5) is 5.00 Å². The topological polar surface area (TPSA) is 92.8 Å². The molecule has 0 saturated heterocycles. The van der Waals surface area contributed by atoms with Gasteiger partial charge in [-0.05, 0) is 67.7 Å². The molecule has 0 spiro atoms. The Morgan fingerprint density at radius 2 is 2.17 bits per heavy atom. The number of ether oxygens (including phenoxy) is 1. The molecule has 1 aromatic carbocycles. The van der Waals surface area contributed by atoms with Gasteiger partial charge in [-0.3, -0.25) is 4.79 Å². The number of carbonyl (C=O) groups is 1. The van der Waals surface area contributed by atoms with E-state index in [2.05, 4.69) is 42.4 Å². The molecule has 2 aromatic heterocycles. The van der Waals surface area contributed by atoms with Crippen molar-refractivity contribution in [3.8, 4) is 11.8 Å². The van der Waals surface area contributed by atoms with Crippen molar-refractivity contribution >= 4 is 34.0 Å². The lowest BCUT2D eigenvalue weighted by molar-refractivity contribution is -0.113. The van der Waals surface area contributed by atoms with Gasteiger partial charge in [0, 0.05) is 11.4 Å². The largest absolute Gasteiger partial charge is 0.486 e. The summed E-state index contributed by atoms with van der Waals surface area (Å²) in [6.45, 7) is 11.8. The number of anilines is 1. The average molecular weight is 524 g/mol. The quantitative estimate of drug-likeness (QED) is 0.364. The van der Waals surface area contributed by atoms with Crippen LogP contribution in [0.3, 0.4) is 0 Å². The lowest BCUT2D eigenvalue weighted by atomic mass is 9.72. The second-order valence-electron chi connectivity index (χ2n) is 10.2. The molecule has 1 N–H and O–H groups in total. The van der Waals surface area contributed by atoms with Gasteiger partial charge in [0.2, 0.25) is 5.91 Å². The second-order valence-corrected chi connectivity index (χ2v) is 12.3. The summed E-state index contributed by atoms with van der Waals surface area (Å²) < 4.78 is 7.85. The highest BCUT2D eigenvalue weighted by molar-refractivity contribution is 7.99. The molecule has 0 bridgehead atoms. The van der Waals surface area contributed by atoms with Gasteiger partial charge in [-0.25, -0.2) is 0 Å². The Morgan fingerprint density at radius 3 is 2.86 bits per heavy atom. The number of fused-ring (bicyclic) bond motifs is 1. The number of hydrogen-bond acceptors (Lipinski definition) is 7. The van der Waals surface area contributed by atoms with Gasteiger partial charge in [-0.15, -0.1) is 21.5 Å². The summed E-state index contributed by atoms with van der Waals surface area (Å²) in [5, 5.41) is 22.7. The van der Waals surface area contributed by atoms with Crippen molar-refractivity contribution in [2.45, 2.75) is 72.2 Å². The molecule has 1 unspecified atom stereocenters. The third-order valence-corrected chi connectivity index (χ3v) is 8.79. The number of thioether (sulfide) groups is 1. The number of amides is 1. The molecule has 0 fully saturated rings. The van der Waals surface area contributed by atoms with Gasteiger partial charge in [-0.2, -0.15) is 5.26 Å². The number of carbonyl (C=O) groups excluding carboxylic acids is 1. The highest BCUT2D eigenvalue weighted by atomic mass is 32.2. The van der Waals surface area contributed by atoms with Crippen LogP contribution in [0.1, 0.15) is 61.5 Å². The maximum Gasteiger partial charge on any atom is 0.235 e. The van der Waals surface area contributed by atoms with E-state index in [-0.39, 0.29) is 17.1 Å². The molecular formula is C27H33N5O2S2. The minimum Gasteiger partial charge on any atom is -0.486 e. The van der Waals surface area contributed by atoms with Gasteiger partial charge >= 0.3 is 0 Å². The van der Waals surface area contributed by atoms with Crippen molar-refractivity contribution in [3.05, 3.63) is 51.7 Å². The first-order valence-corrected chi connectivity index (χ1v) is 14.1. The summed E-state index contributed by atoms with van der Waals surface area (Å²) in [7, 11) is 0. The standard InChI is InChI=1S/C27H33N5O2S2/c1-6-32-23(15-34-19-9-7-8-17(2)12-19)30-31-26(32)35-16-24(33)29-25-21(14-28)20-11-10-18(27(3,4)5)13-22(20)36-25/h7-9,12,18H,6,10-11,13,15-16H2,1-5H3,(H,29,33). The lowest BCUT2D eigenvalue weighted by Gasteiger charge is -2.33. The van der Waals surface area contributed by atoms with Crippen LogP contribution in [-0.2, 0) is 30.8 Å². The van der Waals surface area contributed by atoms with Crippen LogP contribution >= 0.6 is 23.1 Å². The van der Waals surface area contributed by atoms with Crippen molar-refractivity contribution in [2.24, 2.45) is 11.3 Å². The molecule has 1 aliphatic rings. The third-order valence-electron chi connectivity index (χ3n) is 6.65. The van der Waals surface area contributed by atoms with Crippen LogP contribution < -0.4 is 10.1 Å². The summed E-state index contributed by atoms with van der Waals surface area (Å²) in [6.07, 6.45) is 2.94. The summed E-state index contributed by atoms with van der Waals surface area (Å²) in [4.78, 5) is 14.1. The molecular weight excluding hydrogens is 490 g/mol. The number of nitriles is 1. The molecule has 2 heterocycles. The van der Waals surface area contributed by atoms with Crippen LogP contribution in [0.2, 0.25) is 0 Å². The van der Waals surface area contributed by atoms with Crippen molar-refractivity contribution in [1.29, 1.82) is 5.26 Å². The fraction of sp³-hybridized carbons (Fsp3) is 0.481. The highest BCUT2D eigenvalue weighted by Gasteiger charge is 2.32. The summed E-state index contributed by atoms with van der Waals surface area (Å²) in [5.74, 6) is 2.13. The van der Waals surface area contributed by atoms with Crippen LogP contribution in [-0.4, -0.2) is 26.4 Å². The number of nitrogens with zero attached hydrogens (tertiary/aromatic N) is 4. The number of aromatic nitrogens is 3. The normalized spacial score (nSPS) is 15.3. The predicted molar refractivity (Wildman–Crippen MR) is 145 cm³/mol. The molecule has 36 heavy (non-hydrogen) atoms. The molecule has 1 atom stereocenters. The highest BCUT2D eigenvalue weighted by Crippen LogP contribution is 2.44. The Labute approximate surface area is 221 Å². The lowest BCUT2D eigenvalue weighted by Crippen LogP contribution is -2.26. The first kappa shape index (κ1) is 26.2. The first-order valence-electron chi connectivity index (χ1n) is 12.3.